The fraction of sp³-hybridized carbons (Fsp3) is 0.294. The molecule has 0 saturated carbocycles. The second-order valence-electron chi connectivity index (χ2n) is 5.00. The number of likely N-dealkylation sites (N-methyl/N-ethyl adjacent to an activating group) is 1. The van der Waals surface area contributed by atoms with E-state index in [-0.39, 0.29) is 11.9 Å². The molecular weight excluding hydrogens is 289 g/mol. The van der Waals surface area contributed by atoms with Crippen LogP contribution in [0.2, 0.25) is 5.02 Å². The summed E-state index contributed by atoms with van der Waals surface area (Å²) in [6.45, 7) is 1.99. The molecule has 0 aliphatic heterocycles. The van der Waals surface area contributed by atoms with Crippen molar-refractivity contribution >= 4 is 11.6 Å². The first-order chi connectivity index (χ1) is 10.1. The maximum atomic E-state index is 14.2. The van der Waals surface area contributed by atoms with Crippen molar-refractivity contribution in [2.75, 3.05) is 14.2 Å². The fourth-order valence-electron chi connectivity index (χ4n) is 2.42. The fourth-order valence-corrected chi connectivity index (χ4v) is 2.73. The van der Waals surface area contributed by atoms with Crippen molar-refractivity contribution in [1.82, 2.24) is 5.32 Å². The highest BCUT2D eigenvalue weighted by atomic mass is 35.5. The molecule has 0 aliphatic carbocycles. The van der Waals surface area contributed by atoms with E-state index in [2.05, 4.69) is 5.32 Å². The topological polar surface area (TPSA) is 21.3 Å². The molecule has 2 rings (SSSR count). The van der Waals surface area contributed by atoms with Crippen LogP contribution in [0.15, 0.2) is 36.4 Å². The minimum atomic E-state index is -0.281. The number of hydrogen-bond donors (Lipinski definition) is 1. The lowest BCUT2D eigenvalue weighted by Gasteiger charge is -2.20. The van der Waals surface area contributed by atoms with Gasteiger partial charge in [0.05, 0.1) is 7.11 Å². The highest BCUT2D eigenvalue weighted by Gasteiger charge is 2.20. The molecule has 0 aliphatic rings. The molecule has 21 heavy (non-hydrogen) atoms. The summed E-state index contributed by atoms with van der Waals surface area (Å²) in [5, 5.41) is 3.85. The SMILES string of the molecule is CNC(Cc1ccc(C)cc1Cl)c1c(F)cccc1OC. The van der Waals surface area contributed by atoms with E-state index in [0.29, 0.717) is 22.8 Å². The van der Waals surface area contributed by atoms with Gasteiger partial charge in [0, 0.05) is 16.6 Å². The van der Waals surface area contributed by atoms with Gasteiger partial charge in [-0.15, -0.1) is 0 Å². The van der Waals surface area contributed by atoms with Crippen LogP contribution in [0.3, 0.4) is 0 Å². The van der Waals surface area contributed by atoms with E-state index in [1.165, 1.54) is 6.07 Å². The van der Waals surface area contributed by atoms with Gasteiger partial charge < -0.3 is 10.1 Å². The van der Waals surface area contributed by atoms with Crippen LogP contribution in [-0.4, -0.2) is 14.2 Å². The van der Waals surface area contributed by atoms with E-state index in [0.717, 1.165) is 11.1 Å². The van der Waals surface area contributed by atoms with Gasteiger partial charge in [-0.25, -0.2) is 4.39 Å². The van der Waals surface area contributed by atoms with Crippen LogP contribution in [0.5, 0.6) is 5.75 Å². The van der Waals surface area contributed by atoms with Crippen molar-refractivity contribution < 1.29 is 9.13 Å². The summed E-state index contributed by atoms with van der Waals surface area (Å²) >= 11 is 6.28. The molecule has 0 heterocycles. The first-order valence-electron chi connectivity index (χ1n) is 6.81. The molecule has 0 amide bonds. The van der Waals surface area contributed by atoms with Crippen LogP contribution in [0.25, 0.3) is 0 Å². The van der Waals surface area contributed by atoms with Crippen molar-refractivity contribution in [3.8, 4) is 5.75 Å². The van der Waals surface area contributed by atoms with Crippen LogP contribution in [0.4, 0.5) is 4.39 Å². The number of ether oxygens (including phenoxy) is 1. The lowest BCUT2D eigenvalue weighted by atomic mass is 9.97. The van der Waals surface area contributed by atoms with Gasteiger partial charge in [0.1, 0.15) is 11.6 Å². The summed E-state index contributed by atoms with van der Waals surface area (Å²) in [5.74, 6) is 0.259. The summed E-state index contributed by atoms with van der Waals surface area (Å²) in [5.41, 5.74) is 2.61. The minimum Gasteiger partial charge on any atom is -0.496 e. The van der Waals surface area contributed by atoms with Crippen LogP contribution < -0.4 is 10.1 Å². The monoisotopic (exact) mass is 307 g/mol. The molecule has 2 aromatic rings. The molecule has 112 valence electrons. The van der Waals surface area contributed by atoms with E-state index < -0.39 is 0 Å². The predicted molar refractivity (Wildman–Crippen MR) is 84.6 cm³/mol. The quantitative estimate of drug-likeness (QED) is 0.889. The number of halogens is 2. The molecule has 1 unspecified atom stereocenters. The highest BCUT2D eigenvalue weighted by Crippen LogP contribution is 2.31. The molecule has 0 aromatic heterocycles. The summed E-state index contributed by atoms with van der Waals surface area (Å²) in [6, 6.07) is 10.5. The number of hydrogen-bond acceptors (Lipinski definition) is 2. The molecule has 4 heteroatoms. The van der Waals surface area contributed by atoms with Crippen LogP contribution in [-0.2, 0) is 6.42 Å². The first-order valence-corrected chi connectivity index (χ1v) is 7.19. The highest BCUT2D eigenvalue weighted by molar-refractivity contribution is 6.31. The van der Waals surface area contributed by atoms with Gasteiger partial charge in [0.15, 0.2) is 0 Å². The molecule has 2 aromatic carbocycles. The third-order valence-electron chi connectivity index (χ3n) is 3.56. The van der Waals surface area contributed by atoms with Crippen molar-refractivity contribution in [2.45, 2.75) is 19.4 Å². The average Bonchev–Trinajstić information content (AvgIpc) is 2.47. The largest absolute Gasteiger partial charge is 0.496 e. The van der Waals surface area contributed by atoms with E-state index in [1.807, 2.05) is 25.1 Å². The van der Waals surface area contributed by atoms with Gasteiger partial charge in [0.25, 0.3) is 0 Å². The van der Waals surface area contributed by atoms with Crippen LogP contribution in [0, 0.1) is 12.7 Å². The Morgan fingerprint density at radius 2 is 2.05 bits per heavy atom. The summed E-state index contributed by atoms with van der Waals surface area (Å²) in [6.07, 6.45) is 0.590. The van der Waals surface area contributed by atoms with Crippen molar-refractivity contribution in [3.63, 3.8) is 0 Å². The summed E-state index contributed by atoms with van der Waals surface area (Å²) < 4.78 is 19.5. The zero-order chi connectivity index (χ0) is 15.4. The predicted octanol–water partition coefficient (Wildman–Crippen LogP) is 4.30. The second-order valence-corrected chi connectivity index (χ2v) is 5.40. The van der Waals surface area contributed by atoms with Gasteiger partial charge >= 0.3 is 0 Å². The Morgan fingerprint density at radius 3 is 2.67 bits per heavy atom. The first kappa shape index (κ1) is 15.8. The van der Waals surface area contributed by atoms with Gasteiger partial charge in [-0.05, 0) is 49.7 Å². The van der Waals surface area contributed by atoms with Crippen molar-refractivity contribution in [1.29, 1.82) is 0 Å². The molecule has 0 fully saturated rings. The third kappa shape index (κ3) is 3.55. The van der Waals surface area contributed by atoms with E-state index in [1.54, 1.807) is 26.3 Å². The van der Waals surface area contributed by atoms with Gasteiger partial charge in [0.2, 0.25) is 0 Å². The van der Waals surface area contributed by atoms with Crippen molar-refractivity contribution in [2.24, 2.45) is 0 Å². The molecule has 0 spiro atoms. The Kier molecular flexibility index (Phi) is 5.21. The third-order valence-corrected chi connectivity index (χ3v) is 3.91. The maximum absolute atomic E-state index is 14.2. The van der Waals surface area contributed by atoms with E-state index in [9.17, 15) is 4.39 Å². The van der Waals surface area contributed by atoms with Gasteiger partial charge in [-0.1, -0.05) is 29.8 Å². The molecule has 1 N–H and O–H groups in total. The second kappa shape index (κ2) is 6.92. The Bertz CT molecular complexity index is 630. The Balaban J connectivity index is 2.36. The maximum Gasteiger partial charge on any atom is 0.131 e. The number of benzene rings is 2. The van der Waals surface area contributed by atoms with E-state index in [4.69, 9.17) is 16.3 Å². The van der Waals surface area contributed by atoms with Gasteiger partial charge in [-0.2, -0.15) is 0 Å². The Labute approximate surface area is 129 Å². The van der Waals surface area contributed by atoms with Crippen LogP contribution in [0.1, 0.15) is 22.7 Å². The number of methoxy groups -OCH3 is 1. The lowest BCUT2D eigenvalue weighted by molar-refractivity contribution is 0.393. The van der Waals surface area contributed by atoms with Crippen molar-refractivity contribution in [3.05, 3.63) is 63.9 Å². The zero-order valence-electron chi connectivity index (χ0n) is 12.4. The molecule has 0 saturated heterocycles. The number of nitrogens with one attached hydrogen (secondary N) is 1. The minimum absolute atomic E-state index is 0.207. The molecule has 0 bridgehead atoms. The summed E-state index contributed by atoms with van der Waals surface area (Å²) in [4.78, 5) is 0. The molecule has 0 radical (unpaired) electrons. The molecule has 2 nitrogen and oxygen atoms in total. The smallest absolute Gasteiger partial charge is 0.131 e. The molecular formula is C17H19ClFNO. The van der Waals surface area contributed by atoms with E-state index >= 15 is 0 Å². The zero-order valence-corrected chi connectivity index (χ0v) is 13.2. The Morgan fingerprint density at radius 1 is 1.29 bits per heavy atom. The molecule has 1 atom stereocenters. The average molecular weight is 308 g/mol. The van der Waals surface area contributed by atoms with Crippen LogP contribution >= 0.6 is 11.6 Å². The number of rotatable bonds is 5. The standard InChI is InChI=1S/C17H19ClFNO/c1-11-7-8-12(13(18)9-11)10-15(20-2)17-14(19)5-4-6-16(17)21-3/h4-9,15,20H,10H2,1-3H3. The van der Waals surface area contributed by atoms with Gasteiger partial charge in [-0.3, -0.25) is 0 Å². The Hall–Kier alpha value is -1.58. The summed E-state index contributed by atoms with van der Waals surface area (Å²) in [7, 11) is 3.35. The number of aryl methyl sites for hydroxylation is 1. The normalized spacial score (nSPS) is 12.2. The lowest BCUT2D eigenvalue weighted by Crippen LogP contribution is -2.21.